The van der Waals surface area contributed by atoms with E-state index in [1.807, 2.05) is 18.2 Å². The van der Waals surface area contributed by atoms with Crippen molar-refractivity contribution in [3.8, 4) is 0 Å². The molecule has 1 aromatic heterocycles. The van der Waals surface area contributed by atoms with Gasteiger partial charge in [0.15, 0.2) is 0 Å². The van der Waals surface area contributed by atoms with Crippen LogP contribution < -0.4 is 5.32 Å². The Balaban J connectivity index is 1.55. The van der Waals surface area contributed by atoms with E-state index in [4.69, 9.17) is 4.74 Å². The Bertz CT molecular complexity index is 789. The van der Waals surface area contributed by atoms with Crippen molar-refractivity contribution in [2.45, 2.75) is 6.54 Å². The molecule has 2 heterocycles. The SMILES string of the molecule is COCCNC(=O)c1cccc(C(=O)N2CCN(Cc3ccccc3)CC2)n1. The summed E-state index contributed by atoms with van der Waals surface area (Å²) < 4.78 is 4.92. The Morgan fingerprint density at radius 1 is 1.00 bits per heavy atom. The first-order valence-corrected chi connectivity index (χ1v) is 9.47. The molecule has 0 spiro atoms. The smallest absolute Gasteiger partial charge is 0.272 e. The van der Waals surface area contributed by atoms with Crippen molar-refractivity contribution in [1.82, 2.24) is 20.1 Å². The minimum Gasteiger partial charge on any atom is -0.383 e. The van der Waals surface area contributed by atoms with Gasteiger partial charge in [0.25, 0.3) is 11.8 Å². The molecule has 148 valence electrons. The summed E-state index contributed by atoms with van der Waals surface area (Å²) in [5.74, 6) is -0.440. The van der Waals surface area contributed by atoms with Crippen molar-refractivity contribution in [2.75, 3.05) is 46.4 Å². The summed E-state index contributed by atoms with van der Waals surface area (Å²) in [5, 5.41) is 2.72. The molecule has 1 fully saturated rings. The number of carbonyl (C=O) groups is 2. The number of aromatic nitrogens is 1. The molecule has 1 aromatic carbocycles. The van der Waals surface area contributed by atoms with Crippen molar-refractivity contribution in [1.29, 1.82) is 0 Å². The summed E-state index contributed by atoms with van der Waals surface area (Å²) >= 11 is 0. The summed E-state index contributed by atoms with van der Waals surface area (Å²) in [7, 11) is 1.57. The third kappa shape index (κ3) is 5.37. The zero-order valence-corrected chi connectivity index (χ0v) is 16.1. The number of ether oxygens (including phenoxy) is 1. The van der Waals surface area contributed by atoms with E-state index in [9.17, 15) is 9.59 Å². The molecule has 1 aliphatic heterocycles. The zero-order chi connectivity index (χ0) is 19.8. The number of rotatable bonds is 7. The monoisotopic (exact) mass is 382 g/mol. The molecule has 2 aromatic rings. The number of carbonyl (C=O) groups excluding carboxylic acids is 2. The number of nitrogens with zero attached hydrogens (tertiary/aromatic N) is 3. The average Bonchev–Trinajstić information content (AvgIpc) is 2.75. The van der Waals surface area contributed by atoms with Crippen LogP contribution in [0.3, 0.4) is 0 Å². The summed E-state index contributed by atoms with van der Waals surface area (Å²) in [6.45, 7) is 4.65. The second-order valence-corrected chi connectivity index (χ2v) is 6.71. The fourth-order valence-corrected chi connectivity index (χ4v) is 3.15. The first-order valence-electron chi connectivity index (χ1n) is 9.47. The van der Waals surface area contributed by atoms with Crippen molar-refractivity contribution < 1.29 is 14.3 Å². The lowest BCUT2D eigenvalue weighted by atomic mass is 10.2. The highest BCUT2D eigenvalue weighted by molar-refractivity contribution is 5.96. The first kappa shape index (κ1) is 20.0. The fourth-order valence-electron chi connectivity index (χ4n) is 3.15. The molecule has 28 heavy (non-hydrogen) atoms. The minimum atomic E-state index is -0.306. The number of hydrogen-bond donors (Lipinski definition) is 1. The standard InChI is InChI=1S/C21H26N4O3/c1-28-15-10-22-20(26)18-8-5-9-19(23-18)21(27)25-13-11-24(12-14-25)16-17-6-3-2-4-7-17/h2-9H,10-16H2,1H3,(H,22,26). The van der Waals surface area contributed by atoms with E-state index in [0.717, 1.165) is 19.6 Å². The number of amides is 2. The van der Waals surface area contributed by atoms with Crippen LogP contribution in [0.15, 0.2) is 48.5 Å². The Morgan fingerprint density at radius 2 is 1.71 bits per heavy atom. The van der Waals surface area contributed by atoms with Crippen LogP contribution in [0, 0.1) is 0 Å². The maximum Gasteiger partial charge on any atom is 0.272 e. The van der Waals surface area contributed by atoms with Gasteiger partial charge in [-0.1, -0.05) is 36.4 Å². The predicted molar refractivity (Wildman–Crippen MR) is 106 cm³/mol. The Kier molecular flexibility index (Phi) is 7.11. The van der Waals surface area contributed by atoms with Crippen molar-refractivity contribution in [3.05, 3.63) is 65.5 Å². The lowest BCUT2D eigenvalue weighted by molar-refractivity contribution is 0.0622. The van der Waals surface area contributed by atoms with Crippen LogP contribution in [0.4, 0.5) is 0 Å². The molecule has 0 unspecified atom stereocenters. The maximum absolute atomic E-state index is 12.8. The van der Waals surface area contributed by atoms with Gasteiger partial charge in [0, 0.05) is 46.4 Å². The van der Waals surface area contributed by atoms with Gasteiger partial charge in [-0.15, -0.1) is 0 Å². The molecule has 7 heteroatoms. The van der Waals surface area contributed by atoms with Crippen LogP contribution in [-0.4, -0.2) is 73.0 Å². The molecule has 0 atom stereocenters. The van der Waals surface area contributed by atoms with Gasteiger partial charge in [-0.25, -0.2) is 4.98 Å². The Morgan fingerprint density at radius 3 is 2.43 bits per heavy atom. The number of hydrogen-bond acceptors (Lipinski definition) is 5. The molecule has 1 N–H and O–H groups in total. The molecule has 0 aliphatic carbocycles. The van der Waals surface area contributed by atoms with Crippen molar-refractivity contribution >= 4 is 11.8 Å². The summed E-state index contributed by atoms with van der Waals surface area (Å²) in [6.07, 6.45) is 0. The van der Waals surface area contributed by atoms with Crippen molar-refractivity contribution in [3.63, 3.8) is 0 Å². The molecule has 1 saturated heterocycles. The summed E-state index contributed by atoms with van der Waals surface area (Å²) in [4.78, 5) is 33.3. The van der Waals surface area contributed by atoms with Gasteiger partial charge in [-0.2, -0.15) is 0 Å². The zero-order valence-electron chi connectivity index (χ0n) is 16.1. The molecular weight excluding hydrogens is 356 g/mol. The van der Waals surface area contributed by atoms with Gasteiger partial charge in [-0.05, 0) is 17.7 Å². The van der Waals surface area contributed by atoms with E-state index in [0.29, 0.717) is 31.9 Å². The second-order valence-electron chi connectivity index (χ2n) is 6.71. The second kappa shape index (κ2) is 9.96. The normalized spacial score (nSPS) is 14.7. The van der Waals surface area contributed by atoms with Crippen molar-refractivity contribution in [2.24, 2.45) is 0 Å². The van der Waals surface area contributed by atoms with Crippen LogP contribution >= 0.6 is 0 Å². The summed E-state index contributed by atoms with van der Waals surface area (Å²) in [5.41, 5.74) is 1.82. The fraction of sp³-hybridized carbons (Fsp3) is 0.381. The topological polar surface area (TPSA) is 74.8 Å². The van der Waals surface area contributed by atoms with Crippen LogP contribution in [0.5, 0.6) is 0 Å². The lowest BCUT2D eigenvalue weighted by Crippen LogP contribution is -2.48. The molecule has 0 radical (unpaired) electrons. The van der Waals surface area contributed by atoms with E-state index in [1.54, 1.807) is 30.2 Å². The highest BCUT2D eigenvalue weighted by Crippen LogP contribution is 2.11. The Labute approximate surface area is 165 Å². The van der Waals surface area contributed by atoms with Crippen LogP contribution in [-0.2, 0) is 11.3 Å². The van der Waals surface area contributed by atoms with Gasteiger partial charge >= 0.3 is 0 Å². The molecule has 0 bridgehead atoms. The minimum absolute atomic E-state index is 0.133. The van der Waals surface area contributed by atoms with E-state index in [-0.39, 0.29) is 17.5 Å². The number of benzene rings is 1. The third-order valence-electron chi connectivity index (χ3n) is 4.70. The van der Waals surface area contributed by atoms with E-state index in [1.165, 1.54) is 5.56 Å². The highest BCUT2D eigenvalue weighted by atomic mass is 16.5. The van der Waals surface area contributed by atoms with E-state index in [2.05, 4.69) is 27.3 Å². The maximum atomic E-state index is 12.8. The average molecular weight is 382 g/mol. The summed E-state index contributed by atoms with van der Waals surface area (Å²) in [6, 6.07) is 15.3. The van der Waals surface area contributed by atoms with Gasteiger partial charge in [0.05, 0.1) is 6.61 Å². The van der Waals surface area contributed by atoms with Crippen LogP contribution in [0.25, 0.3) is 0 Å². The van der Waals surface area contributed by atoms with Gasteiger partial charge in [0.1, 0.15) is 11.4 Å². The molecule has 1 aliphatic rings. The van der Waals surface area contributed by atoms with Gasteiger partial charge in [0.2, 0.25) is 0 Å². The largest absolute Gasteiger partial charge is 0.383 e. The predicted octanol–water partition coefficient (Wildman–Crippen LogP) is 1.42. The van der Waals surface area contributed by atoms with Crippen LogP contribution in [0.1, 0.15) is 26.5 Å². The molecule has 2 amide bonds. The first-order chi connectivity index (χ1) is 13.7. The van der Waals surface area contributed by atoms with Crippen LogP contribution in [0.2, 0.25) is 0 Å². The van der Waals surface area contributed by atoms with Gasteiger partial charge < -0.3 is 15.0 Å². The van der Waals surface area contributed by atoms with E-state index >= 15 is 0 Å². The Hall–Kier alpha value is -2.77. The molecule has 0 saturated carbocycles. The third-order valence-corrected chi connectivity index (χ3v) is 4.70. The molecule has 7 nitrogen and oxygen atoms in total. The molecular formula is C21H26N4O3. The number of piperazine rings is 1. The number of nitrogens with one attached hydrogen (secondary N) is 1. The number of methoxy groups -OCH3 is 1. The number of pyridine rings is 1. The molecule has 3 rings (SSSR count). The van der Waals surface area contributed by atoms with Gasteiger partial charge in [-0.3, -0.25) is 14.5 Å². The van der Waals surface area contributed by atoms with E-state index < -0.39 is 0 Å². The quantitative estimate of drug-likeness (QED) is 0.733. The highest BCUT2D eigenvalue weighted by Gasteiger charge is 2.23. The lowest BCUT2D eigenvalue weighted by Gasteiger charge is -2.34.